The minimum Gasteiger partial charge on any atom is -0.462 e. The van der Waals surface area contributed by atoms with E-state index in [2.05, 4.69) is 4.98 Å². The number of fused-ring (bicyclic) bond motifs is 1. The number of esters is 1. The van der Waals surface area contributed by atoms with Crippen molar-refractivity contribution >= 4 is 34.2 Å². The van der Waals surface area contributed by atoms with Crippen LogP contribution >= 0.6 is 11.6 Å². The van der Waals surface area contributed by atoms with Crippen LogP contribution < -0.4 is 0 Å². The molecule has 0 N–H and O–H groups in total. The molecule has 1 heterocycles. The van der Waals surface area contributed by atoms with E-state index >= 15 is 0 Å². The first kappa shape index (κ1) is 16.9. The van der Waals surface area contributed by atoms with Gasteiger partial charge in [-0.05, 0) is 18.6 Å². The highest BCUT2D eigenvalue weighted by Gasteiger charge is 2.23. The third-order valence-electron chi connectivity index (χ3n) is 3.68. The number of pyridine rings is 1. The van der Waals surface area contributed by atoms with Crippen LogP contribution in [0.25, 0.3) is 22.0 Å². The number of halogens is 1. The number of nitro benzene ring substituents is 1. The third kappa shape index (κ3) is 3.16. The number of hydrogen-bond acceptors (Lipinski definition) is 5. The molecule has 0 aliphatic heterocycles. The molecule has 0 bridgehead atoms. The Kier molecular flexibility index (Phi) is 4.63. The molecule has 3 aromatic rings. The fraction of sp³-hybridized carbons (Fsp3) is 0.111. The molecular weight excluding hydrogens is 344 g/mol. The molecule has 0 radical (unpaired) electrons. The van der Waals surface area contributed by atoms with Gasteiger partial charge in [0.15, 0.2) is 0 Å². The van der Waals surface area contributed by atoms with Gasteiger partial charge in [0.2, 0.25) is 0 Å². The van der Waals surface area contributed by atoms with Crippen molar-refractivity contribution in [2.24, 2.45) is 0 Å². The van der Waals surface area contributed by atoms with Crippen LogP contribution in [0.5, 0.6) is 0 Å². The number of non-ortho nitro benzene ring substituents is 1. The lowest BCUT2D eigenvalue weighted by atomic mass is 9.96. The zero-order valence-electron chi connectivity index (χ0n) is 13.2. The highest BCUT2D eigenvalue weighted by atomic mass is 35.5. The second-order valence-corrected chi connectivity index (χ2v) is 5.56. The maximum Gasteiger partial charge on any atom is 0.341 e. The van der Waals surface area contributed by atoms with Gasteiger partial charge in [-0.1, -0.05) is 41.9 Å². The van der Waals surface area contributed by atoms with Gasteiger partial charge in [0, 0.05) is 23.1 Å². The molecule has 0 amide bonds. The van der Waals surface area contributed by atoms with Gasteiger partial charge in [-0.15, -0.1) is 0 Å². The predicted octanol–water partition coefficient (Wildman–Crippen LogP) is 4.64. The third-order valence-corrected chi connectivity index (χ3v) is 3.95. The van der Waals surface area contributed by atoms with Crippen molar-refractivity contribution in [1.82, 2.24) is 4.98 Å². The molecule has 2 aromatic carbocycles. The SMILES string of the molecule is CCOC(=O)c1c(Cl)nc2ccc([N+](=O)[O-])cc2c1-c1ccccc1. The van der Waals surface area contributed by atoms with Crippen molar-refractivity contribution in [2.75, 3.05) is 6.61 Å². The Hall–Kier alpha value is -2.99. The topological polar surface area (TPSA) is 82.3 Å². The Labute approximate surface area is 148 Å². The quantitative estimate of drug-likeness (QED) is 0.294. The second-order valence-electron chi connectivity index (χ2n) is 5.20. The molecule has 0 saturated heterocycles. The van der Waals surface area contributed by atoms with Crippen LogP contribution in [0.1, 0.15) is 17.3 Å². The standard InChI is InChI=1S/C18H13ClN2O4/c1-2-25-18(22)16-15(11-6-4-3-5-7-11)13-10-12(21(23)24)8-9-14(13)20-17(16)19/h3-10H,2H2,1H3. The summed E-state index contributed by atoms with van der Waals surface area (Å²) in [5.74, 6) is -0.618. The van der Waals surface area contributed by atoms with Crippen LogP contribution in [-0.2, 0) is 4.74 Å². The Balaban J connectivity index is 2.42. The molecule has 126 valence electrons. The predicted molar refractivity (Wildman–Crippen MR) is 94.8 cm³/mol. The van der Waals surface area contributed by atoms with Crippen molar-refractivity contribution < 1.29 is 14.5 Å². The molecule has 25 heavy (non-hydrogen) atoms. The summed E-state index contributed by atoms with van der Waals surface area (Å²) in [6.07, 6.45) is 0. The van der Waals surface area contributed by atoms with Gasteiger partial charge in [-0.25, -0.2) is 9.78 Å². The van der Waals surface area contributed by atoms with E-state index in [1.165, 1.54) is 18.2 Å². The van der Waals surface area contributed by atoms with Gasteiger partial charge >= 0.3 is 5.97 Å². The number of ether oxygens (including phenoxy) is 1. The molecule has 3 rings (SSSR count). The summed E-state index contributed by atoms with van der Waals surface area (Å²) in [5, 5.41) is 11.6. The number of nitrogens with zero attached hydrogens (tertiary/aromatic N) is 2. The number of aromatic nitrogens is 1. The van der Waals surface area contributed by atoms with E-state index in [0.29, 0.717) is 22.0 Å². The molecule has 0 saturated carbocycles. The second kappa shape index (κ2) is 6.86. The zero-order valence-corrected chi connectivity index (χ0v) is 14.0. The summed E-state index contributed by atoms with van der Waals surface area (Å²) in [4.78, 5) is 27.3. The number of hydrogen-bond donors (Lipinski definition) is 0. The van der Waals surface area contributed by atoms with Gasteiger partial charge in [-0.2, -0.15) is 0 Å². The molecule has 0 unspecified atom stereocenters. The van der Waals surface area contributed by atoms with Gasteiger partial charge in [-0.3, -0.25) is 10.1 Å². The number of carbonyl (C=O) groups is 1. The first-order valence-corrected chi connectivity index (χ1v) is 7.91. The maximum atomic E-state index is 12.4. The first-order valence-electron chi connectivity index (χ1n) is 7.53. The van der Waals surface area contributed by atoms with Crippen molar-refractivity contribution in [1.29, 1.82) is 0 Å². The minimum absolute atomic E-state index is 0.00124. The number of carbonyl (C=O) groups excluding carboxylic acids is 1. The van der Waals surface area contributed by atoms with Gasteiger partial charge in [0.25, 0.3) is 5.69 Å². The summed E-state index contributed by atoms with van der Waals surface area (Å²) in [7, 11) is 0. The van der Waals surface area contributed by atoms with Crippen LogP contribution in [0.3, 0.4) is 0 Å². The average Bonchev–Trinajstić information content (AvgIpc) is 2.61. The van der Waals surface area contributed by atoms with E-state index in [9.17, 15) is 14.9 Å². The normalized spacial score (nSPS) is 10.6. The summed E-state index contributed by atoms with van der Waals surface area (Å²) in [6, 6.07) is 13.3. The van der Waals surface area contributed by atoms with E-state index in [4.69, 9.17) is 16.3 Å². The van der Waals surface area contributed by atoms with E-state index < -0.39 is 10.9 Å². The Morgan fingerprint density at radius 3 is 2.60 bits per heavy atom. The Bertz CT molecular complexity index is 974. The molecule has 0 aliphatic carbocycles. The number of rotatable bonds is 4. The summed E-state index contributed by atoms with van der Waals surface area (Å²) < 4.78 is 5.10. The van der Waals surface area contributed by atoms with Crippen molar-refractivity contribution in [3.05, 3.63) is 69.4 Å². The molecule has 0 aliphatic rings. The molecular formula is C18H13ClN2O4. The van der Waals surface area contributed by atoms with Crippen molar-refractivity contribution in [3.63, 3.8) is 0 Å². The van der Waals surface area contributed by atoms with Crippen LogP contribution in [0.4, 0.5) is 5.69 Å². The fourth-order valence-electron chi connectivity index (χ4n) is 2.63. The fourth-order valence-corrected chi connectivity index (χ4v) is 2.89. The van der Waals surface area contributed by atoms with Crippen LogP contribution in [0.2, 0.25) is 5.15 Å². The molecule has 0 fully saturated rings. The Morgan fingerprint density at radius 1 is 1.24 bits per heavy atom. The van der Waals surface area contributed by atoms with E-state index in [1.54, 1.807) is 19.1 Å². The monoisotopic (exact) mass is 356 g/mol. The van der Waals surface area contributed by atoms with Crippen molar-refractivity contribution in [2.45, 2.75) is 6.92 Å². The Morgan fingerprint density at radius 2 is 1.96 bits per heavy atom. The largest absolute Gasteiger partial charge is 0.462 e. The molecule has 7 heteroatoms. The summed E-state index contributed by atoms with van der Waals surface area (Å²) >= 11 is 6.25. The first-order chi connectivity index (χ1) is 12.0. The minimum atomic E-state index is -0.618. The number of benzene rings is 2. The lowest BCUT2D eigenvalue weighted by Crippen LogP contribution is -2.09. The lowest BCUT2D eigenvalue weighted by molar-refractivity contribution is -0.384. The summed E-state index contributed by atoms with van der Waals surface area (Å²) in [5.41, 5.74) is 1.63. The van der Waals surface area contributed by atoms with Crippen molar-refractivity contribution in [3.8, 4) is 11.1 Å². The zero-order chi connectivity index (χ0) is 18.0. The van der Waals surface area contributed by atoms with Gasteiger partial charge in [0.05, 0.1) is 17.0 Å². The molecule has 1 aromatic heterocycles. The van der Waals surface area contributed by atoms with Crippen LogP contribution in [0.15, 0.2) is 48.5 Å². The summed E-state index contributed by atoms with van der Waals surface area (Å²) in [6.45, 7) is 1.86. The van der Waals surface area contributed by atoms with E-state index in [0.717, 1.165) is 0 Å². The molecule has 0 spiro atoms. The number of nitro groups is 1. The van der Waals surface area contributed by atoms with Gasteiger partial charge < -0.3 is 4.74 Å². The molecule has 6 nitrogen and oxygen atoms in total. The lowest BCUT2D eigenvalue weighted by Gasteiger charge is -2.14. The van der Waals surface area contributed by atoms with E-state index in [1.807, 2.05) is 18.2 Å². The molecule has 0 atom stereocenters. The van der Waals surface area contributed by atoms with E-state index in [-0.39, 0.29) is 23.0 Å². The van der Waals surface area contributed by atoms with Gasteiger partial charge in [0.1, 0.15) is 10.7 Å². The maximum absolute atomic E-state index is 12.4. The highest BCUT2D eigenvalue weighted by Crippen LogP contribution is 2.36. The average molecular weight is 357 g/mol. The van der Waals surface area contributed by atoms with Crippen LogP contribution in [-0.4, -0.2) is 22.5 Å². The smallest absolute Gasteiger partial charge is 0.341 e. The highest BCUT2D eigenvalue weighted by molar-refractivity contribution is 6.34. The van der Waals surface area contributed by atoms with Crippen LogP contribution in [0, 0.1) is 10.1 Å².